The molecule has 5 nitrogen and oxygen atoms in total. The number of carbonyl (C=O) groups is 2. The third kappa shape index (κ3) is 4.54. The minimum Gasteiger partial charge on any atom is -0.449 e. The van der Waals surface area contributed by atoms with Crippen LogP contribution < -0.4 is 5.32 Å². The fourth-order valence-corrected chi connectivity index (χ4v) is 2.47. The van der Waals surface area contributed by atoms with Gasteiger partial charge in [0.05, 0.1) is 10.7 Å². The molecule has 0 bridgehead atoms. The maximum Gasteiger partial charge on any atom is 0.375 e. The predicted octanol–water partition coefficient (Wildman–Crippen LogP) is 4.92. The molecule has 2 aromatic carbocycles. The molecule has 0 spiro atoms. The zero-order valence-electron chi connectivity index (χ0n) is 14.2. The summed E-state index contributed by atoms with van der Waals surface area (Å²) in [5.41, 5.74) is 1.03. The topological polar surface area (TPSA) is 68.5 Å². The van der Waals surface area contributed by atoms with Gasteiger partial charge in [0, 0.05) is 5.56 Å². The van der Waals surface area contributed by atoms with Crippen molar-refractivity contribution in [3.8, 4) is 11.3 Å². The number of anilines is 1. The van der Waals surface area contributed by atoms with Crippen molar-refractivity contribution in [2.75, 3.05) is 5.32 Å². The van der Waals surface area contributed by atoms with E-state index in [-0.39, 0.29) is 11.6 Å². The highest BCUT2D eigenvalue weighted by molar-refractivity contribution is 6.33. The fourth-order valence-electron chi connectivity index (χ4n) is 2.29. The summed E-state index contributed by atoms with van der Waals surface area (Å²) in [4.78, 5) is 24.4. The summed E-state index contributed by atoms with van der Waals surface area (Å²) in [6.07, 6.45) is -1.06. The number of carbonyl (C=O) groups excluding carboxylic acids is 2. The Bertz CT molecular complexity index is 968. The van der Waals surface area contributed by atoms with Gasteiger partial charge < -0.3 is 14.5 Å². The Kier molecular flexibility index (Phi) is 5.57. The van der Waals surface area contributed by atoms with Crippen LogP contribution in [-0.4, -0.2) is 18.0 Å². The molecule has 1 heterocycles. The van der Waals surface area contributed by atoms with Crippen LogP contribution in [0, 0.1) is 5.82 Å². The molecule has 1 atom stereocenters. The number of halogens is 2. The Morgan fingerprint density at radius 2 is 1.78 bits per heavy atom. The number of amides is 1. The smallest absolute Gasteiger partial charge is 0.375 e. The van der Waals surface area contributed by atoms with Crippen LogP contribution in [-0.2, 0) is 9.53 Å². The van der Waals surface area contributed by atoms with Crippen molar-refractivity contribution in [3.05, 3.63) is 77.3 Å². The summed E-state index contributed by atoms with van der Waals surface area (Å²) in [5, 5.41) is 2.96. The molecule has 0 saturated carbocycles. The second-order valence-corrected chi connectivity index (χ2v) is 6.09. The van der Waals surface area contributed by atoms with E-state index in [1.165, 1.54) is 37.3 Å². The molecule has 0 radical (unpaired) electrons. The number of rotatable bonds is 5. The third-order valence-electron chi connectivity index (χ3n) is 3.72. The lowest BCUT2D eigenvalue weighted by Gasteiger charge is -2.13. The lowest BCUT2D eigenvalue weighted by Crippen LogP contribution is -2.30. The Morgan fingerprint density at radius 1 is 1.07 bits per heavy atom. The average molecular weight is 388 g/mol. The van der Waals surface area contributed by atoms with Gasteiger partial charge in [-0.25, -0.2) is 9.18 Å². The maximum absolute atomic E-state index is 13.0. The summed E-state index contributed by atoms with van der Waals surface area (Å²) in [6.45, 7) is 1.44. The third-order valence-corrected chi connectivity index (χ3v) is 4.05. The van der Waals surface area contributed by atoms with E-state index in [0.717, 1.165) is 0 Å². The first-order valence-corrected chi connectivity index (χ1v) is 8.44. The second-order valence-electron chi connectivity index (χ2n) is 5.69. The average Bonchev–Trinajstić information content (AvgIpc) is 3.14. The molecule has 1 aromatic heterocycles. The van der Waals surface area contributed by atoms with Crippen molar-refractivity contribution in [3.63, 3.8) is 0 Å². The fraction of sp³-hybridized carbons (Fsp3) is 0.100. The molecule has 1 amide bonds. The highest BCUT2D eigenvalue weighted by Gasteiger charge is 2.22. The Labute approximate surface area is 159 Å². The van der Waals surface area contributed by atoms with Crippen LogP contribution in [0.25, 0.3) is 11.3 Å². The van der Waals surface area contributed by atoms with Crippen molar-refractivity contribution in [2.24, 2.45) is 0 Å². The lowest BCUT2D eigenvalue weighted by molar-refractivity contribution is -0.123. The molecule has 3 rings (SSSR count). The van der Waals surface area contributed by atoms with Gasteiger partial charge in [-0.05, 0) is 55.5 Å². The maximum atomic E-state index is 13.0. The molecular weight excluding hydrogens is 373 g/mol. The molecular formula is C20H15ClFNO4. The van der Waals surface area contributed by atoms with Crippen LogP contribution in [0.5, 0.6) is 0 Å². The van der Waals surface area contributed by atoms with Crippen LogP contribution in [0.1, 0.15) is 17.5 Å². The van der Waals surface area contributed by atoms with Gasteiger partial charge in [-0.1, -0.05) is 23.7 Å². The summed E-state index contributed by atoms with van der Waals surface area (Å²) in [7, 11) is 0. The summed E-state index contributed by atoms with van der Waals surface area (Å²) >= 11 is 5.98. The van der Waals surface area contributed by atoms with Gasteiger partial charge >= 0.3 is 5.97 Å². The SMILES string of the molecule is C[C@H](OC(=O)c1ccc(-c2ccc(F)cc2)o1)C(=O)Nc1ccccc1Cl. The van der Waals surface area contributed by atoms with Crippen LogP contribution >= 0.6 is 11.6 Å². The van der Waals surface area contributed by atoms with E-state index >= 15 is 0 Å². The van der Waals surface area contributed by atoms with Crippen LogP contribution in [0.15, 0.2) is 65.1 Å². The largest absolute Gasteiger partial charge is 0.449 e. The Balaban J connectivity index is 1.64. The van der Waals surface area contributed by atoms with Crippen molar-refractivity contribution in [2.45, 2.75) is 13.0 Å². The Morgan fingerprint density at radius 3 is 2.48 bits per heavy atom. The van der Waals surface area contributed by atoms with Gasteiger partial charge in [0.2, 0.25) is 5.76 Å². The first kappa shape index (κ1) is 18.7. The zero-order chi connectivity index (χ0) is 19.4. The molecule has 1 N–H and O–H groups in total. The minimum absolute atomic E-state index is 0.0632. The molecule has 138 valence electrons. The Hall–Kier alpha value is -3.12. The number of hydrogen-bond acceptors (Lipinski definition) is 4. The highest BCUT2D eigenvalue weighted by Crippen LogP contribution is 2.24. The first-order chi connectivity index (χ1) is 12.9. The van der Waals surface area contributed by atoms with E-state index in [1.807, 2.05) is 0 Å². The number of hydrogen-bond donors (Lipinski definition) is 1. The molecule has 0 aliphatic carbocycles. The molecule has 3 aromatic rings. The van der Waals surface area contributed by atoms with Gasteiger partial charge in [-0.15, -0.1) is 0 Å². The molecule has 0 aliphatic rings. The molecule has 0 fully saturated rings. The van der Waals surface area contributed by atoms with Crippen molar-refractivity contribution in [1.82, 2.24) is 0 Å². The van der Waals surface area contributed by atoms with E-state index < -0.39 is 18.0 Å². The number of para-hydroxylation sites is 1. The summed E-state index contributed by atoms with van der Waals surface area (Å²) < 4.78 is 23.6. The summed E-state index contributed by atoms with van der Waals surface area (Å²) in [5.74, 6) is -1.36. The number of esters is 1. The van der Waals surface area contributed by atoms with Gasteiger partial charge in [0.1, 0.15) is 11.6 Å². The molecule has 0 unspecified atom stereocenters. The van der Waals surface area contributed by atoms with Gasteiger partial charge in [-0.2, -0.15) is 0 Å². The molecule has 7 heteroatoms. The normalized spacial score (nSPS) is 11.7. The van der Waals surface area contributed by atoms with Gasteiger partial charge in [0.25, 0.3) is 5.91 Å². The van der Waals surface area contributed by atoms with Crippen molar-refractivity contribution >= 4 is 29.2 Å². The zero-order valence-corrected chi connectivity index (χ0v) is 15.0. The minimum atomic E-state index is -1.06. The van der Waals surface area contributed by atoms with E-state index in [4.69, 9.17) is 20.8 Å². The molecule has 27 heavy (non-hydrogen) atoms. The predicted molar refractivity (Wildman–Crippen MR) is 99.1 cm³/mol. The number of nitrogens with one attached hydrogen (secondary N) is 1. The van der Waals surface area contributed by atoms with Crippen molar-refractivity contribution < 1.29 is 23.1 Å². The number of benzene rings is 2. The van der Waals surface area contributed by atoms with Crippen LogP contribution in [0.4, 0.5) is 10.1 Å². The standard InChI is InChI=1S/C20H15ClFNO4/c1-12(19(24)23-16-5-3-2-4-15(16)21)26-20(25)18-11-10-17(27-18)13-6-8-14(22)9-7-13/h2-12H,1H3,(H,23,24)/t12-/m0/s1. The highest BCUT2D eigenvalue weighted by atomic mass is 35.5. The van der Waals surface area contributed by atoms with Gasteiger partial charge in [0.15, 0.2) is 6.10 Å². The van der Waals surface area contributed by atoms with E-state index in [9.17, 15) is 14.0 Å². The molecule has 0 saturated heterocycles. The van der Waals surface area contributed by atoms with Gasteiger partial charge in [-0.3, -0.25) is 4.79 Å². The number of furan rings is 1. The van der Waals surface area contributed by atoms with Crippen molar-refractivity contribution in [1.29, 1.82) is 0 Å². The quantitative estimate of drug-likeness (QED) is 0.631. The van der Waals surface area contributed by atoms with E-state index in [0.29, 0.717) is 22.0 Å². The first-order valence-electron chi connectivity index (χ1n) is 8.06. The van der Waals surface area contributed by atoms with E-state index in [1.54, 1.807) is 30.3 Å². The monoisotopic (exact) mass is 387 g/mol. The lowest BCUT2D eigenvalue weighted by atomic mass is 10.2. The number of ether oxygens (including phenoxy) is 1. The van der Waals surface area contributed by atoms with E-state index in [2.05, 4.69) is 5.32 Å². The molecule has 0 aliphatic heterocycles. The van der Waals surface area contributed by atoms with Crippen LogP contribution in [0.3, 0.4) is 0 Å². The second kappa shape index (κ2) is 8.05. The summed E-state index contributed by atoms with van der Waals surface area (Å²) in [6, 6.07) is 15.4. The van der Waals surface area contributed by atoms with Crippen LogP contribution in [0.2, 0.25) is 5.02 Å².